The highest BCUT2D eigenvalue weighted by Gasteiger charge is 2.17. The normalized spacial score (nSPS) is 12.3. The molecule has 5 heteroatoms. The smallest absolute Gasteiger partial charge is 0.321 e. The lowest BCUT2D eigenvalue weighted by Gasteiger charge is -2.14. The maximum absolute atomic E-state index is 11.3. The number of carbonyl (C=O) groups is 1. The van der Waals surface area contributed by atoms with Gasteiger partial charge in [0.05, 0.1) is 12.5 Å². The molecule has 0 aliphatic carbocycles. The predicted molar refractivity (Wildman–Crippen MR) is 76.9 cm³/mol. The molecule has 1 unspecified atom stereocenters. The van der Waals surface area contributed by atoms with Gasteiger partial charge in [-0.1, -0.05) is 23.7 Å². The molecule has 0 amide bonds. The summed E-state index contributed by atoms with van der Waals surface area (Å²) in [5.41, 5.74) is 2.84. The molecule has 0 fully saturated rings. The fourth-order valence-electron chi connectivity index (χ4n) is 1.95. The van der Waals surface area contributed by atoms with E-state index in [0.717, 1.165) is 16.7 Å². The Kier molecular flexibility index (Phi) is 4.82. The van der Waals surface area contributed by atoms with Gasteiger partial charge in [-0.2, -0.15) is 0 Å². The summed E-state index contributed by atoms with van der Waals surface area (Å²) in [6.45, 7) is 2.40. The van der Waals surface area contributed by atoms with E-state index in [-0.39, 0.29) is 0 Å². The van der Waals surface area contributed by atoms with Crippen LogP contribution < -0.4 is 5.32 Å². The first-order valence-electron chi connectivity index (χ1n) is 6.28. The third kappa shape index (κ3) is 3.85. The molecule has 0 radical (unpaired) electrons. The summed E-state index contributed by atoms with van der Waals surface area (Å²) in [5, 5.41) is 13.0. The SMILES string of the molecule is Cc1cc(CNC(Cc2ccoc2)C(=O)O)ccc1Cl. The minimum Gasteiger partial charge on any atom is -0.480 e. The molecular formula is C15H16ClNO3. The number of hydrogen-bond acceptors (Lipinski definition) is 3. The van der Waals surface area contributed by atoms with Gasteiger partial charge in [-0.3, -0.25) is 4.79 Å². The lowest BCUT2D eigenvalue weighted by Crippen LogP contribution is -2.38. The van der Waals surface area contributed by atoms with Crippen LogP contribution in [0.3, 0.4) is 0 Å². The van der Waals surface area contributed by atoms with Gasteiger partial charge in [-0.25, -0.2) is 0 Å². The van der Waals surface area contributed by atoms with Gasteiger partial charge in [0.1, 0.15) is 6.04 Å². The molecule has 0 aliphatic heterocycles. The number of hydrogen-bond donors (Lipinski definition) is 2. The quantitative estimate of drug-likeness (QED) is 0.859. The molecule has 106 valence electrons. The second kappa shape index (κ2) is 6.59. The number of furan rings is 1. The van der Waals surface area contributed by atoms with Gasteiger partial charge in [0.2, 0.25) is 0 Å². The van der Waals surface area contributed by atoms with Crippen LogP contribution in [0.5, 0.6) is 0 Å². The predicted octanol–water partition coefficient (Wildman–Crippen LogP) is 3.03. The van der Waals surface area contributed by atoms with Crippen LogP contribution in [0.1, 0.15) is 16.7 Å². The molecule has 0 saturated heterocycles. The van der Waals surface area contributed by atoms with Crippen LogP contribution in [0.2, 0.25) is 5.02 Å². The zero-order chi connectivity index (χ0) is 14.5. The zero-order valence-electron chi connectivity index (χ0n) is 11.1. The summed E-state index contributed by atoms with van der Waals surface area (Å²) < 4.78 is 4.95. The molecule has 20 heavy (non-hydrogen) atoms. The third-order valence-electron chi connectivity index (χ3n) is 3.09. The van der Waals surface area contributed by atoms with Crippen molar-refractivity contribution in [3.05, 3.63) is 58.5 Å². The first-order valence-corrected chi connectivity index (χ1v) is 6.66. The van der Waals surface area contributed by atoms with E-state index in [0.29, 0.717) is 18.0 Å². The lowest BCUT2D eigenvalue weighted by molar-refractivity contribution is -0.139. The van der Waals surface area contributed by atoms with Crippen molar-refractivity contribution in [1.82, 2.24) is 5.32 Å². The minimum atomic E-state index is -0.878. The number of carboxylic acid groups (broad SMARTS) is 1. The summed E-state index contributed by atoms with van der Waals surface area (Å²) in [6.07, 6.45) is 3.49. The van der Waals surface area contributed by atoms with E-state index in [9.17, 15) is 9.90 Å². The van der Waals surface area contributed by atoms with Gasteiger partial charge >= 0.3 is 5.97 Å². The second-order valence-electron chi connectivity index (χ2n) is 4.69. The van der Waals surface area contributed by atoms with Gasteiger partial charge in [0.15, 0.2) is 0 Å². The number of aryl methyl sites for hydroxylation is 1. The standard InChI is InChI=1S/C15H16ClNO3/c1-10-6-11(2-3-13(10)16)8-17-14(15(18)19)7-12-4-5-20-9-12/h2-6,9,14,17H,7-8H2,1H3,(H,18,19). The number of aliphatic carboxylic acids is 1. The van der Waals surface area contributed by atoms with E-state index in [4.69, 9.17) is 16.0 Å². The summed E-state index contributed by atoms with van der Waals surface area (Å²) >= 11 is 5.96. The molecular weight excluding hydrogens is 278 g/mol. The van der Waals surface area contributed by atoms with Crippen LogP contribution in [0.15, 0.2) is 41.2 Å². The van der Waals surface area contributed by atoms with Crippen LogP contribution in [0.4, 0.5) is 0 Å². The van der Waals surface area contributed by atoms with Gasteiger partial charge < -0.3 is 14.8 Å². The van der Waals surface area contributed by atoms with Crippen LogP contribution in [0.25, 0.3) is 0 Å². The highest BCUT2D eigenvalue weighted by Crippen LogP contribution is 2.16. The molecule has 1 aromatic heterocycles. The number of carboxylic acids is 1. The number of halogens is 1. The van der Waals surface area contributed by atoms with E-state index in [2.05, 4.69) is 5.32 Å². The first kappa shape index (κ1) is 14.6. The highest BCUT2D eigenvalue weighted by atomic mass is 35.5. The molecule has 1 aromatic carbocycles. The monoisotopic (exact) mass is 293 g/mol. The Labute approximate surface area is 122 Å². The van der Waals surface area contributed by atoms with Crippen molar-refractivity contribution >= 4 is 17.6 Å². The van der Waals surface area contributed by atoms with E-state index in [1.54, 1.807) is 12.3 Å². The number of benzene rings is 1. The Hall–Kier alpha value is -1.78. The van der Waals surface area contributed by atoms with Crippen molar-refractivity contribution in [2.24, 2.45) is 0 Å². The average Bonchev–Trinajstić information content (AvgIpc) is 2.91. The van der Waals surface area contributed by atoms with Crippen molar-refractivity contribution in [3.8, 4) is 0 Å². The Morgan fingerprint density at radius 2 is 2.20 bits per heavy atom. The Morgan fingerprint density at radius 3 is 2.80 bits per heavy atom. The van der Waals surface area contributed by atoms with Crippen LogP contribution in [0, 0.1) is 6.92 Å². The van der Waals surface area contributed by atoms with Crippen LogP contribution in [-0.4, -0.2) is 17.1 Å². The van der Waals surface area contributed by atoms with E-state index in [1.165, 1.54) is 6.26 Å². The number of nitrogens with one attached hydrogen (secondary N) is 1. The summed E-state index contributed by atoms with van der Waals surface area (Å²) in [7, 11) is 0. The summed E-state index contributed by atoms with van der Waals surface area (Å²) in [5.74, 6) is -0.878. The minimum absolute atomic E-state index is 0.387. The fraction of sp³-hybridized carbons (Fsp3) is 0.267. The Balaban J connectivity index is 1.98. The van der Waals surface area contributed by atoms with Crippen LogP contribution in [-0.2, 0) is 17.8 Å². The molecule has 4 nitrogen and oxygen atoms in total. The molecule has 2 aromatic rings. The van der Waals surface area contributed by atoms with Crippen molar-refractivity contribution in [1.29, 1.82) is 0 Å². The molecule has 1 atom stereocenters. The van der Waals surface area contributed by atoms with Crippen LogP contribution >= 0.6 is 11.6 Å². The highest BCUT2D eigenvalue weighted by molar-refractivity contribution is 6.31. The summed E-state index contributed by atoms with van der Waals surface area (Å²) in [4.78, 5) is 11.3. The van der Waals surface area contributed by atoms with Crippen molar-refractivity contribution in [2.45, 2.75) is 25.9 Å². The largest absolute Gasteiger partial charge is 0.480 e. The van der Waals surface area contributed by atoms with Gasteiger partial charge in [0, 0.05) is 18.0 Å². The van der Waals surface area contributed by atoms with E-state index >= 15 is 0 Å². The van der Waals surface area contributed by atoms with Gasteiger partial charge in [-0.15, -0.1) is 0 Å². The molecule has 0 bridgehead atoms. The molecule has 0 aliphatic rings. The summed E-state index contributed by atoms with van der Waals surface area (Å²) in [6, 6.07) is 6.78. The van der Waals surface area contributed by atoms with Gasteiger partial charge in [-0.05, 0) is 35.7 Å². The number of rotatable bonds is 6. The Morgan fingerprint density at radius 1 is 1.40 bits per heavy atom. The molecule has 2 rings (SSSR count). The first-order chi connectivity index (χ1) is 9.56. The van der Waals surface area contributed by atoms with E-state index in [1.807, 2.05) is 25.1 Å². The fourth-order valence-corrected chi connectivity index (χ4v) is 2.07. The molecule has 1 heterocycles. The molecule has 2 N–H and O–H groups in total. The maximum Gasteiger partial charge on any atom is 0.321 e. The second-order valence-corrected chi connectivity index (χ2v) is 5.10. The molecule has 0 saturated carbocycles. The average molecular weight is 294 g/mol. The Bertz CT molecular complexity index is 581. The third-order valence-corrected chi connectivity index (χ3v) is 3.52. The maximum atomic E-state index is 11.3. The van der Waals surface area contributed by atoms with Crippen molar-refractivity contribution < 1.29 is 14.3 Å². The van der Waals surface area contributed by atoms with Crippen molar-refractivity contribution in [2.75, 3.05) is 0 Å². The van der Waals surface area contributed by atoms with Gasteiger partial charge in [0.25, 0.3) is 0 Å². The lowest BCUT2D eigenvalue weighted by atomic mass is 10.1. The molecule has 0 spiro atoms. The van der Waals surface area contributed by atoms with E-state index < -0.39 is 12.0 Å². The topological polar surface area (TPSA) is 62.5 Å². The zero-order valence-corrected chi connectivity index (χ0v) is 11.9. The van der Waals surface area contributed by atoms with Crippen molar-refractivity contribution in [3.63, 3.8) is 0 Å².